The maximum atomic E-state index is 12.7. The lowest BCUT2D eigenvalue weighted by Gasteiger charge is -2.35. The number of hydrogen-bond donors (Lipinski definition) is 2. The highest BCUT2D eigenvalue weighted by atomic mass is 16.3. The number of aliphatic hydroxyl groups is 1. The summed E-state index contributed by atoms with van der Waals surface area (Å²) in [5, 5.41) is 12.5. The number of nitrogens with one attached hydrogen (secondary N) is 1. The van der Waals surface area contributed by atoms with Gasteiger partial charge < -0.3 is 15.3 Å². The molecular formula is C17H26N2O2. The van der Waals surface area contributed by atoms with E-state index in [1.807, 2.05) is 30.0 Å². The molecule has 2 N–H and O–H groups in total. The number of carbonyl (C=O) groups excluding carboxylic acids is 1. The Kier molecular flexibility index (Phi) is 5.62. The Morgan fingerprint density at radius 2 is 2.24 bits per heavy atom. The number of likely N-dealkylation sites (tertiary alicyclic amines) is 1. The van der Waals surface area contributed by atoms with Crippen molar-refractivity contribution in [1.29, 1.82) is 0 Å². The third kappa shape index (κ3) is 3.76. The van der Waals surface area contributed by atoms with Crippen LogP contribution in [0.5, 0.6) is 0 Å². The molecule has 1 fully saturated rings. The van der Waals surface area contributed by atoms with Crippen LogP contribution in [-0.4, -0.2) is 41.7 Å². The molecule has 1 aliphatic rings. The number of piperidine rings is 1. The summed E-state index contributed by atoms with van der Waals surface area (Å²) in [4.78, 5) is 14.7. The zero-order valence-electron chi connectivity index (χ0n) is 13.1. The third-order valence-electron chi connectivity index (χ3n) is 4.19. The molecule has 1 aromatic rings. The molecule has 0 radical (unpaired) electrons. The SMILES string of the molecule is CCNc1ccc(C(=O)N2CCCCC2CCO)cc1C. The molecule has 1 atom stereocenters. The van der Waals surface area contributed by atoms with Gasteiger partial charge in [-0.15, -0.1) is 0 Å². The van der Waals surface area contributed by atoms with Gasteiger partial charge in [-0.2, -0.15) is 0 Å². The first-order valence-corrected chi connectivity index (χ1v) is 7.93. The van der Waals surface area contributed by atoms with E-state index in [-0.39, 0.29) is 18.6 Å². The van der Waals surface area contributed by atoms with E-state index in [0.717, 1.165) is 49.2 Å². The number of benzene rings is 1. The quantitative estimate of drug-likeness (QED) is 0.876. The highest BCUT2D eigenvalue weighted by Crippen LogP contribution is 2.23. The number of carbonyl (C=O) groups is 1. The average molecular weight is 290 g/mol. The Morgan fingerprint density at radius 1 is 1.43 bits per heavy atom. The first kappa shape index (κ1) is 15.8. The van der Waals surface area contributed by atoms with Gasteiger partial charge in [0.25, 0.3) is 5.91 Å². The van der Waals surface area contributed by atoms with Crippen LogP contribution in [0.25, 0.3) is 0 Å². The van der Waals surface area contributed by atoms with Crippen LogP contribution in [-0.2, 0) is 0 Å². The predicted octanol–water partition coefficient (Wildman–Crippen LogP) is 2.80. The summed E-state index contributed by atoms with van der Waals surface area (Å²) in [5.41, 5.74) is 2.93. The van der Waals surface area contributed by atoms with Crippen molar-refractivity contribution in [2.24, 2.45) is 0 Å². The van der Waals surface area contributed by atoms with Crippen LogP contribution < -0.4 is 5.32 Å². The second kappa shape index (κ2) is 7.46. The Hall–Kier alpha value is -1.55. The summed E-state index contributed by atoms with van der Waals surface area (Å²) < 4.78 is 0. The van der Waals surface area contributed by atoms with Crippen molar-refractivity contribution in [3.8, 4) is 0 Å². The van der Waals surface area contributed by atoms with Crippen LogP contribution in [0.1, 0.15) is 48.5 Å². The standard InChI is InChI=1S/C17H26N2O2/c1-3-18-16-8-7-14(12-13(16)2)17(21)19-10-5-4-6-15(19)9-11-20/h7-8,12,15,18,20H,3-6,9-11H2,1-2H3. The lowest BCUT2D eigenvalue weighted by atomic mass is 9.98. The van der Waals surface area contributed by atoms with Gasteiger partial charge in [-0.3, -0.25) is 4.79 Å². The van der Waals surface area contributed by atoms with E-state index in [1.165, 1.54) is 0 Å². The van der Waals surface area contributed by atoms with E-state index < -0.39 is 0 Å². The molecule has 0 bridgehead atoms. The Morgan fingerprint density at radius 3 is 2.90 bits per heavy atom. The van der Waals surface area contributed by atoms with E-state index >= 15 is 0 Å². The van der Waals surface area contributed by atoms with Crippen molar-refractivity contribution in [2.45, 2.75) is 45.6 Å². The van der Waals surface area contributed by atoms with Crippen molar-refractivity contribution in [3.63, 3.8) is 0 Å². The van der Waals surface area contributed by atoms with Crippen LogP contribution in [0.15, 0.2) is 18.2 Å². The molecule has 1 saturated heterocycles. The van der Waals surface area contributed by atoms with Gasteiger partial charge in [0.1, 0.15) is 0 Å². The molecule has 21 heavy (non-hydrogen) atoms. The molecule has 2 rings (SSSR count). The van der Waals surface area contributed by atoms with Gasteiger partial charge in [0.15, 0.2) is 0 Å². The fraction of sp³-hybridized carbons (Fsp3) is 0.588. The summed E-state index contributed by atoms with van der Waals surface area (Å²) >= 11 is 0. The minimum Gasteiger partial charge on any atom is -0.396 e. The van der Waals surface area contributed by atoms with Crippen LogP contribution >= 0.6 is 0 Å². The predicted molar refractivity (Wildman–Crippen MR) is 85.7 cm³/mol. The Labute approximate surface area is 127 Å². The molecule has 1 aliphatic heterocycles. The topological polar surface area (TPSA) is 52.6 Å². The number of hydrogen-bond acceptors (Lipinski definition) is 3. The lowest BCUT2D eigenvalue weighted by Crippen LogP contribution is -2.44. The van der Waals surface area contributed by atoms with E-state index in [9.17, 15) is 9.90 Å². The van der Waals surface area contributed by atoms with Crippen LogP contribution in [0.3, 0.4) is 0 Å². The molecule has 4 heteroatoms. The van der Waals surface area contributed by atoms with Crippen molar-refractivity contribution in [2.75, 3.05) is 25.0 Å². The molecule has 1 heterocycles. The largest absolute Gasteiger partial charge is 0.396 e. The summed E-state index contributed by atoms with van der Waals surface area (Å²) in [6, 6.07) is 6.03. The molecule has 1 aromatic carbocycles. The van der Waals surface area contributed by atoms with Gasteiger partial charge in [-0.25, -0.2) is 0 Å². The molecule has 0 aromatic heterocycles. The first-order chi connectivity index (χ1) is 10.2. The molecule has 4 nitrogen and oxygen atoms in total. The summed E-state index contributed by atoms with van der Waals surface area (Å²) in [5.74, 6) is 0.0966. The van der Waals surface area contributed by atoms with Gasteiger partial charge in [0, 0.05) is 37.0 Å². The molecular weight excluding hydrogens is 264 g/mol. The van der Waals surface area contributed by atoms with Crippen molar-refractivity contribution < 1.29 is 9.90 Å². The van der Waals surface area contributed by atoms with E-state index in [4.69, 9.17) is 0 Å². The van der Waals surface area contributed by atoms with Gasteiger partial charge in [-0.1, -0.05) is 0 Å². The minimum absolute atomic E-state index is 0.0966. The molecule has 0 spiro atoms. The normalized spacial score (nSPS) is 18.6. The number of aliphatic hydroxyl groups excluding tert-OH is 1. The second-order valence-electron chi connectivity index (χ2n) is 5.72. The van der Waals surface area contributed by atoms with Crippen LogP contribution in [0, 0.1) is 6.92 Å². The van der Waals surface area contributed by atoms with Crippen LogP contribution in [0.2, 0.25) is 0 Å². The number of rotatable bonds is 5. The number of nitrogens with zero attached hydrogens (tertiary/aromatic N) is 1. The number of aryl methyl sites for hydroxylation is 1. The summed E-state index contributed by atoms with van der Waals surface area (Å²) in [7, 11) is 0. The van der Waals surface area contributed by atoms with Gasteiger partial charge >= 0.3 is 0 Å². The fourth-order valence-corrected chi connectivity index (χ4v) is 3.07. The van der Waals surface area contributed by atoms with E-state index in [0.29, 0.717) is 6.42 Å². The Bertz CT molecular complexity index is 486. The average Bonchev–Trinajstić information content (AvgIpc) is 2.50. The zero-order chi connectivity index (χ0) is 15.2. The van der Waals surface area contributed by atoms with Gasteiger partial charge in [0.2, 0.25) is 0 Å². The van der Waals surface area contributed by atoms with Crippen molar-refractivity contribution in [1.82, 2.24) is 4.90 Å². The first-order valence-electron chi connectivity index (χ1n) is 7.93. The number of anilines is 1. The monoisotopic (exact) mass is 290 g/mol. The zero-order valence-corrected chi connectivity index (χ0v) is 13.1. The maximum Gasteiger partial charge on any atom is 0.254 e. The summed E-state index contributed by atoms with van der Waals surface area (Å²) in [6.45, 7) is 5.91. The number of amides is 1. The fourth-order valence-electron chi connectivity index (χ4n) is 3.07. The second-order valence-corrected chi connectivity index (χ2v) is 5.72. The van der Waals surface area contributed by atoms with Crippen molar-refractivity contribution in [3.05, 3.63) is 29.3 Å². The third-order valence-corrected chi connectivity index (χ3v) is 4.19. The molecule has 1 amide bonds. The molecule has 0 saturated carbocycles. The Balaban J connectivity index is 2.16. The summed E-state index contributed by atoms with van der Waals surface area (Å²) in [6.07, 6.45) is 3.88. The van der Waals surface area contributed by atoms with Crippen molar-refractivity contribution >= 4 is 11.6 Å². The maximum absolute atomic E-state index is 12.7. The van der Waals surface area contributed by atoms with E-state index in [1.54, 1.807) is 0 Å². The smallest absolute Gasteiger partial charge is 0.254 e. The van der Waals surface area contributed by atoms with Crippen LogP contribution in [0.4, 0.5) is 5.69 Å². The molecule has 0 aliphatic carbocycles. The van der Waals surface area contributed by atoms with E-state index in [2.05, 4.69) is 12.2 Å². The van der Waals surface area contributed by atoms with Gasteiger partial charge in [-0.05, 0) is 63.3 Å². The highest BCUT2D eigenvalue weighted by Gasteiger charge is 2.27. The molecule has 1 unspecified atom stereocenters. The lowest BCUT2D eigenvalue weighted by molar-refractivity contribution is 0.0574. The molecule has 116 valence electrons. The van der Waals surface area contributed by atoms with Gasteiger partial charge in [0.05, 0.1) is 0 Å². The minimum atomic E-state index is 0.0966. The highest BCUT2D eigenvalue weighted by molar-refractivity contribution is 5.95.